The number of aldehydes is 2. The van der Waals surface area contributed by atoms with Gasteiger partial charge in [0.2, 0.25) is 0 Å². The fourth-order valence-corrected chi connectivity index (χ4v) is 1.58. The van der Waals surface area contributed by atoms with Gasteiger partial charge in [0.15, 0.2) is 18.8 Å². The monoisotopic (exact) mass is 321 g/mol. The van der Waals surface area contributed by atoms with E-state index in [-0.39, 0.29) is 18.4 Å². The van der Waals surface area contributed by atoms with E-state index in [0.29, 0.717) is 0 Å². The zero-order valence-corrected chi connectivity index (χ0v) is 11.3. The van der Waals surface area contributed by atoms with E-state index in [1.165, 1.54) is 6.07 Å². The highest BCUT2D eigenvalue weighted by atomic mass is 31.2. The molecule has 0 aromatic carbocycles. The van der Waals surface area contributed by atoms with Crippen molar-refractivity contribution < 1.29 is 33.2 Å². The SMILES string of the molecule is Nc1ccn([C@@H](C=O)O[C@@H](C=O)COP(=O)(O)O)c(=O)n1. The normalized spacial score (nSPS) is 14.4. The average molecular weight is 321 g/mol. The highest BCUT2D eigenvalue weighted by molar-refractivity contribution is 7.46. The first-order chi connectivity index (χ1) is 9.76. The minimum Gasteiger partial charge on any atom is -0.383 e. The Morgan fingerprint density at radius 1 is 1.43 bits per heavy atom. The number of ether oxygens (including phenoxy) is 1. The number of hydrogen-bond donors (Lipinski definition) is 3. The van der Waals surface area contributed by atoms with Crippen LogP contribution in [-0.4, -0.2) is 44.6 Å². The van der Waals surface area contributed by atoms with E-state index in [9.17, 15) is 18.9 Å². The summed E-state index contributed by atoms with van der Waals surface area (Å²) in [6.45, 7) is -0.796. The lowest BCUT2D eigenvalue weighted by atomic mass is 10.4. The van der Waals surface area contributed by atoms with E-state index >= 15 is 0 Å². The molecule has 1 aromatic rings. The molecule has 2 atom stereocenters. The summed E-state index contributed by atoms with van der Waals surface area (Å²) in [6, 6.07) is 1.23. The summed E-state index contributed by atoms with van der Waals surface area (Å²) in [4.78, 5) is 53.6. The smallest absolute Gasteiger partial charge is 0.383 e. The van der Waals surface area contributed by atoms with Crippen LogP contribution in [0.5, 0.6) is 0 Å². The number of carbonyl (C=O) groups is 2. The van der Waals surface area contributed by atoms with Gasteiger partial charge in [0.25, 0.3) is 0 Å². The molecule has 0 spiro atoms. The molecule has 116 valence electrons. The number of phosphoric acid groups is 1. The summed E-state index contributed by atoms with van der Waals surface area (Å²) in [5, 5.41) is 0. The summed E-state index contributed by atoms with van der Waals surface area (Å²) < 4.78 is 20.3. The maximum atomic E-state index is 11.5. The Balaban J connectivity index is 2.84. The van der Waals surface area contributed by atoms with Gasteiger partial charge in [0, 0.05) is 6.20 Å². The second-order valence-electron chi connectivity index (χ2n) is 3.67. The second-order valence-corrected chi connectivity index (χ2v) is 4.91. The fourth-order valence-electron chi connectivity index (χ4n) is 1.24. The van der Waals surface area contributed by atoms with Crippen molar-refractivity contribution in [2.75, 3.05) is 12.3 Å². The molecule has 21 heavy (non-hydrogen) atoms. The van der Waals surface area contributed by atoms with Crippen molar-refractivity contribution in [1.82, 2.24) is 9.55 Å². The average Bonchev–Trinajstić information content (AvgIpc) is 2.39. The van der Waals surface area contributed by atoms with Gasteiger partial charge in [-0.15, -0.1) is 0 Å². The lowest BCUT2D eigenvalue weighted by Crippen LogP contribution is -2.33. The van der Waals surface area contributed by atoms with Gasteiger partial charge in [0.05, 0.1) is 6.61 Å². The van der Waals surface area contributed by atoms with Crippen molar-refractivity contribution in [3.05, 3.63) is 22.7 Å². The highest BCUT2D eigenvalue weighted by Gasteiger charge is 2.22. The zero-order valence-electron chi connectivity index (χ0n) is 10.4. The third-order valence-corrected chi connectivity index (χ3v) is 2.60. The third-order valence-electron chi connectivity index (χ3n) is 2.12. The van der Waals surface area contributed by atoms with Crippen LogP contribution in [0.25, 0.3) is 0 Å². The molecule has 0 aliphatic rings. The molecule has 1 heterocycles. The Morgan fingerprint density at radius 2 is 2.10 bits per heavy atom. The first-order valence-corrected chi connectivity index (χ1v) is 6.90. The minimum absolute atomic E-state index is 0.0716. The van der Waals surface area contributed by atoms with Crippen LogP contribution in [-0.2, 0) is 23.4 Å². The van der Waals surface area contributed by atoms with Gasteiger partial charge in [-0.1, -0.05) is 0 Å². The lowest BCUT2D eigenvalue weighted by molar-refractivity contribution is -0.139. The number of rotatable bonds is 8. The van der Waals surface area contributed by atoms with Crippen LogP contribution in [0.1, 0.15) is 6.23 Å². The number of anilines is 1. The molecule has 12 heteroatoms. The molecule has 0 bridgehead atoms. The highest BCUT2D eigenvalue weighted by Crippen LogP contribution is 2.35. The molecule has 0 saturated carbocycles. The minimum atomic E-state index is -4.80. The summed E-state index contributed by atoms with van der Waals surface area (Å²) in [6.07, 6.45) is -1.51. The Bertz CT molecular complexity index is 611. The van der Waals surface area contributed by atoms with Crippen LogP contribution >= 0.6 is 7.82 Å². The molecule has 0 aliphatic heterocycles. The van der Waals surface area contributed by atoms with Crippen LogP contribution in [0.3, 0.4) is 0 Å². The van der Waals surface area contributed by atoms with Gasteiger partial charge >= 0.3 is 13.5 Å². The van der Waals surface area contributed by atoms with Crippen molar-refractivity contribution in [3.63, 3.8) is 0 Å². The number of nitrogens with zero attached hydrogens (tertiary/aromatic N) is 2. The van der Waals surface area contributed by atoms with Crippen molar-refractivity contribution in [3.8, 4) is 0 Å². The molecule has 0 unspecified atom stereocenters. The van der Waals surface area contributed by atoms with Crippen LogP contribution in [0.15, 0.2) is 17.1 Å². The van der Waals surface area contributed by atoms with Gasteiger partial charge in [-0.05, 0) is 6.07 Å². The number of nitrogens with two attached hydrogens (primary N) is 1. The number of phosphoric ester groups is 1. The second kappa shape index (κ2) is 7.20. The Morgan fingerprint density at radius 3 is 2.57 bits per heavy atom. The molecular weight excluding hydrogens is 309 g/mol. The maximum absolute atomic E-state index is 11.5. The maximum Gasteiger partial charge on any atom is 0.469 e. The Hall–Kier alpha value is -1.91. The summed E-state index contributed by atoms with van der Waals surface area (Å²) >= 11 is 0. The van der Waals surface area contributed by atoms with E-state index in [4.69, 9.17) is 20.3 Å². The van der Waals surface area contributed by atoms with E-state index in [1.807, 2.05) is 0 Å². The lowest BCUT2D eigenvalue weighted by Gasteiger charge is -2.18. The first kappa shape index (κ1) is 17.1. The van der Waals surface area contributed by atoms with Crippen LogP contribution in [0.4, 0.5) is 5.82 Å². The fraction of sp³-hybridized carbons (Fsp3) is 0.333. The standard InChI is InChI=1S/C9H12N3O8P/c10-7-1-2-12(9(15)11-7)8(4-14)20-6(3-13)5-19-21(16,17)18/h1-4,6,8H,5H2,(H2,10,11,15)(H2,16,17,18)/t6-,8+/m0/s1. The Kier molecular flexibility index (Phi) is 5.88. The number of nitrogen functional groups attached to an aromatic ring is 1. The molecule has 0 aliphatic carbocycles. The largest absolute Gasteiger partial charge is 0.469 e. The number of aromatic nitrogens is 2. The van der Waals surface area contributed by atoms with E-state index in [2.05, 4.69) is 9.51 Å². The predicted molar refractivity (Wildman–Crippen MR) is 66.9 cm³/mol. The molecule has 0 radical (unpaired) electrons. The molecule has 0 saturated heterocycles. The van der Waals surface area contributed by atoms with Crippen molar-refractivity contribution in [2.24, 2.45) is 0 Å². The summed E-state index contributed by atoms with van der Waals surface area (Å²) in [5.41, 5.74) is 4.38. The van der Waals surface area contributed by atoms with E-state index in [1.54, 1.807) is 0 Å². The van der Waals surface area contributed by atoms with Crippen LogP contribution in [0, 0.1) is 0 Å². The molecule has 1 rings (SSSR count). The van der Waals surface area contributed by atoms with Crippen LogP contribution in [0.2, 0.25) is 0 Å². The first-order valence-electron chi connectivity index (χ1n) is 5.37. The third kappa shape index (κ3) is 5.53. The zero-order chi connectivity index (χ0) is 16.0. The van der Waals surface area contributed by atoms with Crippen molar-refractivity contribution in [2.45, 2.75) is 12.3 Å². The number of carbonyl (C=O) groups excluding carboxylic acids is 2. The topological polar surface area (TPSA) is 171 Å². The molecule has 11 nitrogen and oxygen atoms in total. The molecule has 1 aromatic heterocycles. The van der Waals surface area contributed by atoms with Gasteiger partial charge in [-0.2, -0.15) is 4.98 Å². The van der Waals surface area contributed by atoms with E-state index < -0.39 is 32.5 Å². The van der Waals surface area contributed by atoms with Crippen LogP contribution < -0.4 is 11.4 Å². The quantitative estimate of drug-likeness (QED) is 0.367. The summed E-state index contributed by atoms with van der Waals surface area (Å²) in [5.74, 6) is -0.0716. The molecule has 0 fully saturated rings. The van der Waals surface area contributed by atoms with E-state index in [0.717, 1.165) is 10.8 Å². The predicted octanol–water partition coefficient (Wildman–Crippen LogP) is -1.78. The molecular formula is C9H12N3O8P. The van der Waals surface area contributed by atoms with Crippen molar-refractivity contribution >= 4 is 26.2 Å². The van der Waals surface area contributed by atoms with Crippen molar-refractivity contribution in [1.29, 1.82) is 0 Å². The van der Waals surface area contributed by atoms with Gasteiger partial charge in [-0.25, -0.2) is 9.36 Å². The number of hydrogen-bond acceptors (Lipinski definition) is 8. The van der Waals surface area contributed by atoms with Gasteiger partial charge in [0.1, 0.15) is 11.9 Å². The summed E-state index contributed by atoms with van der Waals surface area (Å²) in [7, 11) is -4.80. The Labute approximate surface area is 117 Å². The molecule has 4 N–H and O–H groups in total. The van der Waals surface area contributed by atoms with Gasteiger partial charge in [-0.3, -0.25) is 13.9 Å². The molecule has 0 amide bonds. The van der Waals surface area contributed by atoms with Gasteiger partial charge < -0.3 is 25.1 Å².